The number of piperazine rings is 2. The zero-order chi connectivity index (χ0) is 41.0. The number of carbonyl (C=O) groups excluding carboxylic acids is 4. The van der Waals surface area contributed by atoms with E-state index in [0.29, 0.717) is 128 Å². The molecule has 0 atom stereocenters. The van der Waals surface area contributed by atoms with Gasteiger partial charge in [-0.25, -0.2) is 0 Å². The molecule has 0 aliphatic carbocycles. The number of hydrogen-bond acceptors (Lipinski definition) is 9. The van der Waals surface area contributed by atoms with Crippen LogP contribution in [0.2, 0.25) is 10.0 Å². The van der Waals surface area contributed by atoms with Crippen LogP contribution < -0.4 is 22.9 Å². The fourth-order valence-corrected chi connectivity index (χ4v) is 8.45. The number of benzene rings is 4. The zero-order valence-electron chi connectivity index (χ0n) is 31.6. The lowest BCUT2D eigenvalue weighted by Gasteiger charge is -2.33. The van der Waals surface area contributed by atoms with Crippen LogP contribution in [0.4, 0.5) is 22.7 Å². The van der Waals surface area contributed by atoms with Crippen molar-refractivity contribution < 1.29 is 19.2 Å². The lowest BCUT2D eigenvalue weighted by molar-refractivity contribution is -0.135. The van der Waals surface area contributed by atoms with E-state index in [0.717, 1.165) is 0 Å². The maximum absolute atomic E-state index is 13.2. The number of carbonyl (C=O) groups is 4. The molecule has 0 aromatic heterocycles. The Bertz CT molecular complexity index is 2140. The summed E-state index contributed by atoms with van der Waals surface area (Å²) in [4.78, 5) is 58.2. The summed E-state index contributed by atoms with van der Waals surface area (Å²) in [6.45, 7) is 6.74. The number of amides is 4. The second-order valence-corrected chi connectivity index (χ2v) is 15.6. The molecule has 4 aromatic rings. The van der Waals surface area contributed by atoms with Gasteiger partial charge in [0.25, 0.3) is 0 Å². The van der Waals surface area contributed by atoms with Crippen molar-refractivity contribution in [3.8, 4) is 22.3 Å². The summed E-state index contributed by atoms with van der Waals surface area (Å²) < 4.78 is 0. The molecular formula is C42H44Cl2N8O4S. The topological polar surface area (TPSA) is 185 Å². The molecular weight excluding hydrogens is 783 g/mol. The van der Waals surface area contributed by atoms with Gasteiger partial charge in [-0.3, -0.25) is 19.2 Å². The molecule has 6 rings (SSSR count). The molecule has 2 aliphatic heterocycles. The first-order valence-electron chi connectivity index (χ1n) is 18.3. The Kier molecular flexibility index (Phi) is 12.7. The minimum absolute atomic E-state index is 0.0115. The van der Waals surface area contributed by atoms with E-state index in [1.807, 2.05) is 36.4 Å². The van der Waals surface area contributed by atoms with Crippen LogP contribution in [0, 0.1) is 0 Å². The van der Waals surface area contributed by atoms with Crippen LogP contribution in [-0.4, -0.2) is 95.6 Å². The second-order valence-electron chi connectivity index (χ2n) is 13.8. The molecule has 8 N–H and O–H groups in total. The van der Waals surface area contributed by atoms with E-state index in [9.17, 15) is 19.2 Å². The van der Waals surface area contributed by atoms with Crippen LogP contribution in [-0.2, 0) is 19.2 Å². The maximum Gasteiger partial charge on any atom is 0.246 e. The monoisotopic (exact) mass is 826 g/mol. The summed E-state index contributed by atoms with van der Waals surface area (Å²) in [5.41, 5.74) is 30.3. The van der Waals surface area contributed by atoms with Crippen molar-refractivity contribution in [3.63, 3.8) is 0 Å². The van der Waals surface area contributed by atoms with Gasteiger partial charge in [-0.1, -0.05) is 59.2 Å². The maximum atomic E-state index is 13.2. The average molecular weight is 828 g/mol. The van der Waals surface area contributed by atoms with Crippen LogP contribution >= 0.6 is 35.0 Å². The van der Waals surface area contributed by atoms with E-state index >= 15 is 0 Å². The molecule has 0 radical (unpaired) electrons. The molecule has 4 amide bonds. The number of hydrogen-bond donors (Lipinski definition) is 4. The van der Waals surface area contributed by atoms with E-state index in [2.05, 4.69) is 0 Å². The van der Waals surface area contributed by atoms with Crippen molar-refractivity contribution in [1.82, 2.24) is 19.6 Å². The van der Waals surface area contributed by atoms with Gasteiger partial charge < -0.3 is 42.5 Å². The van der Waals surface area contributed by atoms with Crippen LogP contribution in [0.5, 0.6) is 0 Å². The lowest BCUT2D eigenvalue weighted by Crippen LogP contribution is -2.49. The third kappa shape index (κ3) is 9.33. The summed E-state index contributed by atoms with van der Waals surface area (Å²) >= 11 is 15.9. The number of nitrogen functional groups attached to an aromatic ring is 4. The first kappa shape index (κ1) is 41.0. The standard InChI is InChI=1S/C42H44Cl2N8O4S/c1-25(53)49-15-19-51(20-16-49)37(55)13-7-27-5-11-35(41(43)39(27)29-3-9-31(45)33(47)23-29)57-36-12-6-28(40(42(36)44)30-4-10-32(46)34(48)24-30)8-14-38(56)52-21-17-50(18-22-52)26(2)54/h3-14,23-24H,15-22,45-48H2,1-2H3. The fraction of sp³-hybridized carbons (Fsp3) is 0.238. The van der Waals surface area contributed by atoms with Gasteiger partial charge in [0.15, 0.2) is 0 Å². The minimum atomic E-state index is -0.176. The van der Waals surface area contributed by atoms with Crippen molar-refractivity contribution in [2.24, 2.45) is 0 Å². The Hall–Kier alpha value is -5.63. The van der Waals surface area contributed by atoms with E-state index in [4.69, 9.17) is 46.1 Å². The molecule has 0 unspecified atom stereocenters. The number of nitrogens with two attached hydrogens (primary N) is 4. The first-order valence-corrected chi connectivity index (χ1v) is 19.9. The van der Waals surface area contributed by atoms with Crippen LogP contribution in [0.3, 0.4) is 0 Å². The van der Waals surface area contributed by atoms with Crippen molar-refractivity contribution in [1.29, 1.82) is 0 Å². The van der Waals surface area contributed by atoms with Crippen LogP contribution in [0.15, 0.2) is 82.6 Å². The SMILES string of the molecule is CC(=O)N1CCN(C(=O)C=Cc2ccc(Sc3ccc(C=CC(=O)N4CCN(C(C)=O)CC4)c(-c4ccc(N)c(N)c4)c3Cl)c(Cl)c2-c2ccc(N)c(N)c2)CC1. The van der Waals surface area contributed by atoms with Gasteiger partial charge in [-0.05, 0) is 70.8 Å². The van der Waals surface area contributed by atoms with Crippen molar-refractivity contribution in [2.45, 2.75) is 23.6 Å². The highest BCUT2D eigenvalue weighted by atomic mass is 35.5. The summed E-state index contributed by atoms with van der Waals surface area (Å²) in [5.74, 6) is -0.376. The molecule has 2 aliphatic rings. The third-order valence-corrected chi connectivity index (χ3v) is 12.3. The Balaban J connectivity index is 1.34. The molecule has 57 heavy (non-hydrogen) atoms. The van der Waals surface area contributed by atoms with Gasteiger partial charge in [-0.15, -0.1) is 0 Å². The number of halogens is 2. The van der Waals surface area contributed by atoms with Gasteiger partial charge in [0.2, 0.25) is 23.6 Å². The van der Waals surface area contributed by atoms with Crippen LogP contribution in [0.25, 0.3) is 34.4 Å². The van der Waals surface area contributed by atoms with E-state index in [-0.39, 0.29) is 23.6 Å². The Morgan fingerprint density at radius 1 is 0.526 bits per heavy atom. The van der Waals surface area contributed by atoms with Crippen molar-refractivity contribution in [3.05, 3.63) is 94.0 Å². The van der Waals surface area contributed by atoms with Gasteiger partial charge >= 0.3 is 0 Å². The molecule has 2 heterocycles. The normalized spacial score (nSPS) is 14.8. The minimum Gasteiger partial charge on any atom is -0.397 e. The predicted octanol–water partition coefficient (Wildman–Crippen LogP) is 6.22. The number of anilines is 4. The molecule has 296 valence electrons. The highest BCUT2D eigenvalue weighted by Gasteiger charge is 2.24. The Morgan fingerprint density at radius 2 is 0.877 bits per heavy atom. The van der Waals surface area contributed by atoms with Crippen LogP contribution in [0.1, 0.15) is 25.0 Å². The van der Waals surface area contributed by atoms with Crippen molar-refractivity contribution >= 4 is 93.5 Å². The number of rotatable bonds is 8. The summed E-state index contributed by atoms with van der Waals surface area (Å²) in [6, 6.07) is 18.0. The first-order chi connectivity index (χ1) is 27.2. The highest BCUT2D eigenvalue weighted by Crippen LogP contribution is 2.47. The predicted molar refractivity (Wildman–Crippen MR) is 231 cm³/mol. The van der Waals surface area contributed by atoms with Crippen molar-refractivity contribution in [2.75, 3.05) is 75.3 Å². The molecule has 2 saturated heterocycles. The number of nitrogens with zero attached hydrogens (tertiary/aromatic N) is 4. The molecule has 2 fully saturated rings. The summed E-state index contributed by atoms with van der Waals surface area (Å²) in [7, 11) is 0. The van der Waals surface area contributed by atoms with Gasteiger partial charge in [0.1, 0.15) is 0 Å². The summed E-state index contributed by atoms with van der Waals surface area (Å²) in [6.07, 6.45) is 6.47. The average Bonchev–Trinajstić information content (AvgIpc) is 3.20. The Labute approximate surface area is 346 Å². The van der Waals surface area contributed by atoms with E-state index in [1.54, 1.807) is 56.0 Å². The molecule has 15 heteroatoms. The van der Waals surface area contributed by atoms with Gasteiger partial charge in [0, 0.05) is 99.3 Å². The molecule has 12 nitrogen and oxygen atoms in total. The highest BCUT2D eigenvalue weighted by molar-refractivity contribution is 7.99. The largest absolute Gasteiger partial charge is 0.397 e. The Morgan fingerprint density at radius 3 is 1.21 bits per heavy atom. The van der Waals surface area contributed by atoms with Gasteiger partial charge in [-0.2, -0.15) is 0 Å². The molecule has 0 bridgehead atoms. The van der Waals surface area contributed by atoms with E-state index in [1.165, 1.54) is 37.8 Å². The fourth-order valence-electron chi connectivity index (χ4n) is 6.76. The zero-order valence-corrected chi connectivity index (χ0v) is 34.0. The second kappa shape index (κ2) is 17.7. The smallest absolute Gasteiger partial charge is 0.246 e. The van der Waals surface area contributed by atoms with E-state index < -0.39 is 0 Å². The van der Waals surface area contributed by atoms with Gasteiger partial charge in [0.05, 0.1) is 32.8 Å². The quantitative estimate of drug-likeness (QED) is 0.118. The molecule has 0 saturated carbocycles. The lowest BCUT2D eigenvalue weighted by atomic mass is 9.98. The molecule has 0 spiro atoms. The summed E-state index contributed by atoms with van der Waals surface area (Å²) in [5, 5.41) is 0.810. The molecule has 4 aromatic carbocycles. The third-order valence-electron chi connectivity index (χ3n) is 10.1.